The summed E-state index contributed by atoms with van der Waals surface area (Å²) in [5.74, 6) is 0.366. The molecular formula is C15H18ClNO3. The fourth-order valence-corrected chi connectivity index (χ4v) is 3.47. The fourth-order valence-electron chi connectivity index (χ4n) is 3.27. The van der Waals surface area contributed by atoms with Crippen LogP contribution in [0.3, 0.4) is 0 Å². The van der Waals surface area contributed by atoms with Crippen LogP contribution in [0.15, 0.2) is 24.3 Å². The van der Waals surface area contributed by atoms with Crippen molar-refractivity contribution in [1.82, 2.24) is 4.90 Å². The molecule has 0 radical (unpaired) electrons. The Morgan fingerprint density at radius 1 is 1.40 bits per heavy atom. The minimum Gasteiger partial charge on any atom is -0.465 e. The summed E-state index contributed by atoms with van der Waals surface area (Å²) in [5.41, 5.74) is 1.08. The zero-order valence-corrected chi connectivity index (χ0v) is 12.0. The molecule has 0 bridgehead atoms. The summed E-state index contributed by atoms with van der Waals surface area (Å²) in [4.78, 5) is 12.4. The molecule has 2 saturated heterocycles. The number of piperidine rings is 1. The van der Waals surface area contributed by atoms with Crippen molar-refractivity contribution in [2.24, 2.45) is 0 Å². The van der Waals surface area contributed by atoms with E-state index in [-0.39, 0.29) is 5.60 Å². The summed E-state index contributed by atoms with van der Waals surface area (Å²) in [5, 5.41) is 9.75. The molecule has 5 heteroatoms. The lowest BCUT2D eigenvalue weighted by Crippen LogP contribution is -2.45. The maximum Gasteiger partial charge on any atom is 0.407 e. The first-order valence-corrected chi connectivity index (χ1v) is 7.33. The van der Waals surface area contributed by atoms with Crippen molar-refractivity contribution in [2.75, 3.05) is 19.7 Å². The molecule has 1 N–H and O–H groups in total. The highest BCUT2D eigenvalue weighted by molar-refractivity contribution is 6.30. The van der Waals surface area contributed by atoms with Crippen LogP contribution in [0.5, 0.6) is 0 Å². The monoisotopic (exact) mass is 295 g/mol. The van der Waals surface area contributed by atoms with Crippen molar-refractivity contribution in [3.63, 3.8) is 0 Å². The summed E-state index contributed by atoms with van der Waals surface area (Å²) in [6.45, 7) is 1.84. The Morgan fingerprint density at radius 3 is 2.80 bits per heavy atom. The van der Waals surface area contributed by atoms with Gasteiger partial charge in [-0.25, -0.2) is 4.79 Å². The third kappa shape index (κ3) is 2.63. The molecule has 2 fully saturated rings. The van der Waals surface area contributed by atoms with Crippen LogP contribution >= 0.6 is 11.6 Å². The van der Waals surface area contributed by atoms with Crippen molar-refractivity contribution < 1.29 is 14.6 Å². The van der Waals surface area contributed by atoms with Gasteiger partial charge in [-0.05, 0) is 37.0 Å². The molecule has 4 nitrogen and oxygen atoms in total. The molecule has 2 aliphatic heterocycles. The van der Waals surface area contributed by atoms with Crippen LogP contribution in [0.4, 0.5) is 4.79 Å². The SMILES string of the molecule is O=C(O)N1CCC2(CC1)CC(c1cccc(Cl)c1)CO2. The van der Waals surface area contributed by atoms with Crippen molar-refractivity contribution in [1.29, 1.82) is 0 Å². The smallest absolute Gasteiger partial charge is 0.407 e. The molecule has 2 aliphatic rings. The van der Waals surface area contributed by atoms with E-state index in [1.165, 1.54) is 10.5 Å². The number of hydrogen-bond acceptors (Lipinski definition) is 2. The van der Waals surface area contributed by atoms with E-state index in [0.717, 1.165) is 24.3 Å². The molecule has 0 aromatic heterocycles. The van der Waals surface area contributed by atoms with Crippen molar-refractivity contribution >= 4 is 17.7 Å². The van der Waals surface area contributed by atoms with E-state index in [1.54, 1.807) is 0 Å². The standard InChI is InChI=1S/C15H18ClNO3/c16-13-3-1-2-11(8-13)12-9-15(20-10-12)4-6-17(7-5-15)14(18)19/h1-3,8,12H,4-7,9-10H2,(H,18,19). The van der Waals surface area contributed by atoms with Crippen LogP contribution in [0.2, 0.25) is 5.02 Å². The van der Waals surface area contributed by atoms with Gasteiger partial charge in [-0.3, -0.25) is 0 Å². The normalized spacial score (nSPS) is 25.1. The van der Waals surface area contributed by atoms with Crippen LogP contribution in [0, 0.1) is 0 Å². The minimum atomic E-state index is -0.829. The van der Waals surface area contributed by atoms with Gasteiger partial charge in [0.15, 0.2) is 0 Å². The van der Waals surface area contributed by atoms with Gasteiger partial charge in [-0.2, -0.15) is 0 Å². The summed E-state index contributed by atoms with van der Waals surface area (Å²) in [6.07, 6.45) is 1.71. The first-order chi connectivity index (χ1) is 9.58. The lowest BCUT2D eigenvalue weighted by molar-refractivity contribution is -0.0394. The molecule has 1 spiro atoms. The Hall–Kier alpha value is -1.26. The highest BCUT2D eigenvalue weighted by atomic mass is 35.5. The lowest BCUT2D eigenvalue weighted by Gasteiger charge is -2.37. The highest BCUT2D eigenvalue weighted by Gasteiger charge is 2.43. The number of benzene rings is 1. The molecule has 2 heterocycles. The minimum absolute atomic E-state index is 0.140. The third-order valence-electron chi connectivity index (χ3n) is 4.47. The maximum atomic E-state index is 11.0. The zero-order chi connectivity index (χ0) is 14.2. The third-order valence-corrected chi connectivity index (χ3v) is 4.71. The first kappa shape index (κ1) is 13.7. The number of nitrogens with zero attached hydrogens (tertiary/aromatic N) is 1. The highest BCUT2D eigenvalue weighted by Crippen LogP contribution is 2.43. The molecule has 20 heavy (non-hydrogen) atoms. The molecule has 108 valence electrons. The fraction of sp³-hybridized carbons (Fsp3) is 0.533. The number of halogens is 1. The van der Waals surface area contributed by atoms with Gasteiger partial charge in [0.1, 0.15) is 0 Å². The molecular weight excluding hydrogens is 278 g/mol. The van der Waals surface area contributed by atoms with Crippen LogP contribution in [0.1, 0.15) is 30.7 Å². The van der Waals surface area contributed by atoms with Gasteiger partial charge >= 0.3 is 6.09 Å². The van der Waals surface area contributed by atoms with Gasteiger partial charge in [0.05, 0.1) is 12.2 Å². The molecule has 1 unspecified atom stereocenters. The van der Waals surface area contributed by atoms with Gasteiger partial charge < -0.3 is 14.7 Å². The Kier molecular flexibility index (Phi) is 3.61. The van der Waals surface area contributed by atoms with Gasteiger partial charge in [-0.1, -0.05) is 23.7 Å². The maximum absolute atomic E-state index is 11.0. The number of ether oxygens (including phenoxy) is 1. The van der Waals surface area contributed by atoms with E-state index in [1.807, 2.05) is 18.2 Å². The molecule has 1 aromatic rings. The second kappa shape index (κ2) is 5.26. The largest absolute Gasteiger partial charge is 0.465 e. The van der Waals surface area contributed by atoms with Crippen molar-refractivity contribution in [3.8, 4) is 0 Å². The predicted molar refractivity (Wildman–Crippen MR) is 76.3 cm³/mol. The van der Waals surface area contributed by atoms with Gasteiger partial charge in [0.25, 0.3) is 0 Å². The second-order valence-corrected chi connectivity index (χ2v) is 6.16. The predicted octanol–water partition coefficient (Wildman–Crippen LogP) is 3.36. The van der Waals surface area contributed by atoms with Crippen LogP contribution in [-0.2, 0) is 4.74 Å². The van der Waals surface area contributed by atoms with E-state index >= 15 is 0 Å². The lowest BCUT2D eigenvalue weighted by atomic mass is 9.83. The van der Waals surface area contributed by atoms with Crippen molar-refractivity contribution in [2.45, 2.75) is 30.8 Å². The van der Waals surface area contributed by atoms with E-state index < -0.39 is 6.09 Å². The Morgan fingerprint density at radius 2 is 2.15 bits per heavy atom. The van der Waals surface area contributed by atoms with Gasteiger partial charge in [0.2, 0.25) is 0 Å². The summed E-state index contributed by atoms with van der Waals surface area (Å²) in [7, 11) is 0. The van der Waals surface area contributed by atoms with E-state index in [4.69, 9.17) is 21.4 Å². The number of amides is 1. The Balaban J connectivity index is 1.67. The molecule has 1 aromatic carbocycles. The zero-order valence-electron chi connectivity index (χ0n) is 11.2. The van der Waals surface area contributed by atoms with Crippen LogP contribution in [-0.4, -0.2) is 41.4 Å². The molecule has 0 aliphatic carbocycles. The average Bonchev–Trinajstić information content (AvgIpc) is 2.83. The summed E-state index contributed by atoms with van der Waals surface area (Å²) >= 11 is 6.04. The molecule has 3 rings (SSSR count). The number of likely N-dealkylation sites (tertiary alicyclic amines) is 1. The van der Waals surface area contributed by atoms with E-state index in [2.05, 4.69) is 6.07 Å². The number of rotatable bonds is 1. The van der Waals surface area contributed by atoms with E-state index in [9.17, 15) is 4.79 Å². The molecule has 1 amide bonds. The Bertz CT molecular complexity index is 512. The molecule has 1 atom stereocenters. The quantitative estimate of drug-likeness (QED) is 0.864. The molecule has 0 saturated carbocycles. The van der Waals surface area contributed by atoms with Crippen LogP contribution < -0.4 is 0 Å². The van der Waals surface area contributed by atoms with E-state index in [0.29, 0.717) is 25.6 Å². The topological polar surface area (TPSA) is 49.8 Å². The average molecular weight is 296 g/mol. The van der Waals surface area contributed by atoms with Gasteiger partial charge in [-0.15, -0.1) is 0 Å². The number of carbonyl (C=O) groups is 1. The van der Waals surface area contributed by atoms with Crippen LogP contribution in [0.25, 0.3) is 0 Å². The number of hydrogen-bond donors (Lipinski definition) is 1. The number of carboxylic acid groups (broad SMARTS) is 1. The summed E-state index contributed by atoms with van der Waals surface area (Å²) in [6, 6.07) is 7.93. The first-order valence-electron chi connectivity index (χ1n) is 6.95. The second-order valence-electron chi connectivity index (χ2n) is 5.72. The summed E-state index contributed by atoms with van der Waals surface area (Å²) < 4.78 is 6.05. The van der Waals surface area contributed by atoms with Gasteiger partial charge in [0, 0.05) is 24.0 Å². The van der Waals surface area contributed by atoms with Crippen molar-refractivity contribution in [3.05, 3.63) is 34.9 Å². The Labute approximate surface area is 123 Å².